The van der Waals surface area contributed by atoms with Gasteiger partial charge in [-0.05, 0) is 46.5 Å². The molecule has 1 aliphatic rings. The van der Waals surface area contributed by atoms with Crippen molar-refractivity contribution in [3.63, 3.8) is 0 Å². The second-order valence-electron chi connectivity index (χ2n) is 5.94. The first-order valence-electron chi connectivity index (χ1n) is 6.13. The van der Waals surface area contributed by atoms with Crippen molar-refractivity contribution in [1.82, 2.24) is 5.32 Å². The van der Waals surface area contributed by atoms with Crippen LogP contribution in [0.25, 0.3) is 0 Å². The first-order chi connectivity index (χ1) is 7.74. The van der Waals surface area contributed by atoms with Crippen LogP contribution in [0.15, 0.2) is 0 Å². The van der Waals surface area contributed by atoms with E-state index in [2.05, 4.69) is 5.32 Å². The lowest BCUT2D eigenvalue weighted by Gasteiger charge is -2.36. The van der Waals surface area contributed by atoms with E-state index >= 15 is 0 Å². The molecule has 0 aromatic heterocycles. The Labute approximate surface area is 103 Å². The molecule has 0 bridgehead atoms. The molecule has 4 N–H and O–H groups in total. The lowest BCUT2D eigenvalue weighted by atomic mass is 9.81. The molecule has 0 aromatic carbocycles. The highest BCUT2D eigenvalue weighted by molar-refractivity contribution is 5.68. The predicted octanol–water partition coefficient (Wildman–Crippen LogP) is 1.14. The average molecular weight is 244 g/mol. The van der Waals surface area contributed by atoms with Crippen LogP contribution in [0.1, 0.15) is 46.5 Å². The number of amides is 1. The molecule has 0 atom stereocenters. The molecule has 1 fully saturated rings. The molecule has 1 saturated carbocycles. The number of carbonyl (C=O) groups excluding carboxylic acids is 1. The van der Waals surface area contributed by atoms with Crippen LogP contribution in [0.2, 0.25) is 0 Å². The summed E-state index contributed by atoms with van der Waals surface area (Å²) in [5.74, 6) is 0. The summed E-state index contributed by atoms with van der Waals surface area (Å²) in [6.45, 7) is 5.52. The minimum absolute atomic E-state index is 0.00611. The van der Waals surface area contributed by atoms with Gasteiger partial charge in [-0.1, -0.05) is 0 Å². The summed E-state index contributed by atoms with van der Waals surface area (Å²) in [5, 5.41) is 12.0. The highest BCUT2D eigenvalue weighted by Crippen LogP contribution is 2.26. The second-order valence-corrected chi connectivity index (χ2v) is 5.94. The number of ether oxygens (including phenoxy) is 1. The van der Waals surface area contributed by atoms with Crippen molar-refractivity contribution in [3.05, 3.63) is 0 Å². The van der Waals surface area contributed by atoms with Crippen molar-refractivity contribution in [2.75, 3.05) is 6.61 Å². The normalized spacial score (nSPS) is 29.8. The van der Waals surface area contributed by atoms with E-state index in [0.717, 1.165) is 25.7 Å². The molecule has 0 aromatic rings. The Bertz CT molecular complexity index is 265. The topological polar surface area (TPSA) is 84.6 Å². The smallest absolute Gasteiger partial charge is 0.407 e. The van der Waals surface area contributed by atoms with Crippen LogP contribution in [0, 0.1) is 0 Å². The molecule has 0 radical (unpaired) electrons. The van der Waals surface area contributed by atoms with Gasteiger partial charge in [0.1, 0.15) is 5.60 Å². The number of carbonyl (C=O) groups is 1. The van der Waals surface area contributed by atoms with Gasteiger partial charge in [0, 0.05) is 11.6 Å². The van der Waals surface area contributed by atoms with Crippen LogP contribution in [-0.4, -0.2) is 35.0 Å². The van der Waals surface area contributed by atoms with Crippen molar-refractivity contribution in [1.29, 1.82) is 0 Å². The van der Waals surface area contributed by atoms with Crippen molar-refractivity contribution in [3.8, 4) is 0 Å². The number of aliphatic hydroxyl groups is 1. The molecule has 17 heavy (non-hydrogen) atoms. The van der Waals surface area contributed by atoms with E-state index in [-0.39, 0.29) is 18.7 Å². The Hall–Kier alpha value is -0.810. The number of aliphatic hydroxyl groups excluding tert-OH is 1. The van der Waals surface area contributed by atoms with Crippen LogP contribution in [0.5, 0.6) is 0 Å². The Kier molecular flexibility index (Phi) is 4.38. The van der Waals surface area contributed by atoms with E-state index in [1.165, 1.54) is 0 Å². The van der Waals surface area contributed by atoms with Gasteiger partial charge in [0.15, 0.2) is 0 Å². The van der Waals surface area contributed by atoms with Gasteiger partial charge in [-0.2, -0.15) is 0 Å². The van der Waals surface area contributed by atoms with Crippen molar-refractivity contribution in [2.45, 2.75) is 63.6 Å². The number of nitrogens with two attached hydrogens (primary N) is 1. The first kappa shape index (κ1) is 14.3. The Morgan fingerprint density at radius 1 is 1.47 bits per heavy atom. The highest BCUT2D eigenvalue weighted by atomic mass is 16.6. The summed E-state index contributed by atoms with van der Waals surface area (Å²) in [6, 6.07) is 0.105. The molecule has 1 amide bonds. The lowest BCUT2D eigenvalue weighted by Crippen LogP contribution is -2.51. The van der Waals surface area contributed by atoms with Crippen LogP contribution in [0.3, 0.4) is 0 Å². The minimum atomic E-state index is -0.471. The molecule has 0 aliphatic heterocycles. The quantitative estimate of drug-likeness (QED) is 0.680. The average Bonchev–Trinajstić information content (AvgIpc) is 2.19. The third-order valence-electron chi connectivity index (χ3n) is 3.02. The number of nitrogens with one attached hydrogen (secondary N) is 1. The maximum absolute atomic E-state index is 11.5. The summed E-state index contributed by atoms with van der Waals surface area (Å²) in [4.78, 5) is 11.5. The van der Waals surface area contributed by atoms with Crippen LogP contribution < -0.4 is 11.1 Å². The zero-order chi connectivity index (χ0) is 13.1. The maximum Gasteiger partial charge on any atom is 0.407 e. The summed E-state index contributed by atoms with van der Waals surface area (Å²) in [5.41, 5.74) is 5.02. The number of rotatable bonds is 2. The Morgan fingerprint density at radius 2 is 2.00 bits per heavy atom. The predicted molar refractivity (Wildman–Crippen MR) is 65.6 cm³/mol. The highest BCUT2D eigenvalue weighted by Gasteiger charge is 2.32. The van der Waals surface area contributed by atoms with E-state index in [1.54, 1.807) is 0 Å². The van der Waals surface area contributed by atoms with Gasteiger partial charge in [0.2, 0.25) is 0 Å². The van der Waals surface area contributed by atoms with Crippen molar-refractivity contribution in [2.24, 2.45) is 5.73 Å². The van der Waals surface area contributed by atoms with Crippen LogP contribution >= 0.6 is 0 Å². The molecule has 100 valence electrons. The molecule has 1 aliphatic carbocycles. The largest absolute Gasteiger partial charge is 0.444 e. The first-order valence-corrected chi connectivity index (χ1v) is 6.13. The molecule has 1 rings (SSSR count). The number of hydrogen-bond donors (Lipinski definition) is 3. The zero-order valence-corrected chi connectivity index (χ0v) is 11.0. The van der Waals surface area contributed by atoms with Gasteiger partial charge in [-0.3, -0.25) is 0 Å². The summed E-state index contributed by atoms with van der Waals surface area (Å²) in [6.07, 6.45) is 2.65. The molecule has 0 spiro atoms. The molecule has 0 unspecified atom stereocenters. The fraction of sp³-hybridized carbons (Fsp3) is 0.917. The van der Waals surface area contributed by atoms with Crippen molar-refractivity contribution >= 4 is 6.09 Å². The van der Waals surface area contributed by atoms with Crippen LogP contribution in [0.4, 0.5) is 4.79 Å². The zero-order valence-electron chi connectivity index (χ0n) is 11.0. The Morgan fingerprint density at radius 3 is 2.41 bits per heavy atom. The molecule has 0 heterocycles. The molecular weight excluding hydrogens is 220 g/mol. The summed E-state index contributed by atoms with van der Waals surface area (Å²) < 4.78 is 5.19. The summed E-state index contributed by atoms with van der Waals surface area (Å²) >= 11 is 0. The van der Waals surface area contributed by atoms with E-state index in [1.807, 2.05) is 20.8 Å². The molecular formula is C12H24N2O3. The third-order valence-corrected chi connectivity index (χ3v) is 3.02. The van der Waals surface area contributed by atoms with Gasteiger partial charge >= 0.3 is 6.09 Å². The molecule has 5 nitrogen and oxygen atoms in total. The van der Waals surface area contributed by atoms with E-state index in [4.69, 9.17) is 15.6 Å². The van der Waals surface area contributed by atoms with Gasteiger partial charge in [0.25, 0.3) is 0 Å². The van der Waals surface area contributed by atoms with Crippen LogP contribution in [-0.2, 0) is 4.74 Å². The Balaban J connectivity index is 2.34. The second kappa shape index (κ2) is 5.23. The molecule has 5 heteroatoms. The number of alkyl carbamates (subject to hydrolysis) is 1. The van der Waals surface area contributed by atoms with Gasteiger partial charge in [-0.15, -0.1) is 0 Å². The van der Waals surface area contributed by atoms with Gasteiger partial charge in [-0.25, -0.2) is 4.79 Å². The molecule has 0 saturated heterocycles. The third kappa shape index (κ3) is 4.91. The number of hydrogen-bond acceptors (Lipinski definition) is 4. The summed E-state index contributed by atoms with van der Waals surface area (Å²) in [7, 11) is 0. The van der Waals surface area contributed by atoms with E-state index in [0.29, 0.717) is 0 Å². The van der Waals surface area contributed by atoms with Gasteiger partial charge < -0.3 is 20.9 Å². The van der Waals surface area contributed by atoms with E-state index < -0.39 is 11.1 Å². The standard InChI is InChI=1S/C12H24N2O3/c1-11(2,3)17-10(16)14-9-4-6-12(13,8-15)7-5-9/h9,15H,4-8,13H2,1-3H3,(H,14,16). The SMILES string of the molecule is CC(C)(C)OC(=O)NC1CCC(N)(CO)CC1. The van der Waals surface area contributed by atoms with E-state index in [9.17, 15) is 4.79 Å². The maximum atomic E-state index is 11.5. The fourth-order valence-corrected chi connectivity index (χ4v) is 1.97. The van der Waals surface area contributed by atoms with Gasteiger partial charge in [0.05, 0.1) is 6.61 Å². The lowest BCUT2D eigenvalue weighted by molar-refractivity contribution is 0.0474. The monoisotopic (exact) mass is 244 g/mol. The van der Waals surface area contributed by atoms with Crippen molar-refractivity contribution < 1.29 is 14.6 Å². The minimum Gasteiger partial charge on any atom is -0.444 e. The fourth-order valence-electron chi connectivity index (χ4n) is 1.97.